The number of amides is 1. The van der Waals surface area contributed by atoms with E-state index in [0.29, 0.717) is 18.8 Å². The smallest absolute Gasteiger partial charge is 0.358 e. The zero-order valence-electron chi connectivity index (χ0n) is 10.2. The number of carbonyl (C=O) groups is 2. The minimum atomic E-state index is -1.05. The number of aromatic carboxylic acids is 1. The minimum Gasteiger partial charge on any atom is -0.476 e. The topological polar surface area (TPSA) is 97.1 Å². The summed E-state index contributed by atoms with van der Waals surface area (Å²) < 4.78 is 1.55. The molecule has 98 valence electrons. The quantitative estimate of drug-likeness (QED) is 0.762. The lowest BCUT2D eigenvalue weighted by atomic mass is 10.2. The first-order chi connectivity index (χ1) is 8.63. The van der Waals surface area contributed by atoms with Gasteiger partial charge >= 0.3 is 5.97 Å². The molecule has 0 atom stereocenters. The average molecular weight is 252 g/mol. The number of nitrogens with one attached hydrogen (secondary N) is 1. The Bertz CT molecular complexity index is 465. The van der Waals surface area contributed by atoms with Gasteiger partial charge in [-0.05, 0) is 19.8 Å². The van der Waals surface area contributed by atoms with Crippen molar-refractivity contribution in [1.82, 2.24) is 20.3 Å². The lowest BCUT2D eigenvalue weighted by Crippen LogP contribution is -2.24. The number of rotatable bonds is 6. The van der Waals surface area contributed by atoms with E-state index in [1.54, 1.807) is 4.68 Å². The van der Waals surface area contributed by atoms with Gasteiger partial charge in [0.2, 0.25) is 5.91 Å². The number of aryl methyl sites for hydroxylation is 1. The fraction of sp³-hybridized carbons (Fsp3) is 0.636. The molecule has 1 heterocycles. The van der Waals surface area contributed by atoms with Gasteiger partial charge in [-0.1, -0.05) is 5.21 Å². The van der Waals surface area contributed by atoms with Crippen LogP contribution in [-0.4, -0.2) is 38.5 Å². The van der Waals surface area contributed by atoms with Crippen molar-refractivity contribution in [2.24, 2.45) is 0 Å². The molecule has 1 fully saturated rings. The fourth-order valence-electron chi connectivity index (χ4n) is 1.89. The first kappa shape index (κ1) is 12.5. The zero-order valence-corrected chi connectivity index (χ0v) is 10.2. The molecular formula is C11H16N4O3. The van der Waals surface area contributed by atoms with Gasteiger partial charge in [0.25, 0.3) is 0 Å². The van der Waals surface area contributed by atoms with Gasteiger partial charge in [-0.25, -0.2) is 9.48 Å². The Labute approximate surface area is 104 Å². The summed E-state index contributed by atoms with van der Waals surface area (Å²) in [5.74, 6) is -0.881. The molecule has 1 amide bonds. The molecule has 0 radical (unpaired) electrons. The fourth-order valence-corrected chi connectivity index (χ4v) is 1.89. The third-order valence-electron chi connectivity index (χ3n) is 2.86. The third-order valence-corrected chi connectivity index (χ3v) is 2.86. The zero-order chi connectivity index (χ0) is 13.1. The number of carbonyl (C=O) groups excluding carboxylic acids is 1. The molecule has 1 aromatic heterocycles. The van der Waals surface area contributed by atoms with Crippen LogP contribution in [0.15, 0.2) is 0 Å². The molecule has 0 spiro atoms. The van der Waals surface area contributed by atoms with E-state index in [4.69, 9.17) is 5.11 Å². The number of carboxylic acids is 1. The minimum absolute atomic E-state index is 0.0217. The second-order valence-electron chi connectivity index (χ2n) is 4.33. The van der Waals surface area contributed by atoms with Crippen LogP contribution in [0.2, 0.25) is 0 Å². The predicted octanol–water partition coefficient (Wildman–Crippen LogP) is 0.380. The molecule has 1 aliphatic carbocycles. The summed E-state index contributed by atoms with van der Waals surface area (Å²) in [6.07, 6.45) is 2.22. The number of aromatic nitrogens is 3. The first-order valence-corrected chi connectivity index (χ1v) is 6.06. The van der Waals surface area contributed by atoms with Crippen molar-refractivity contribution in [3.8, 4) is 0 Å². The van der Waals surface area contributed by atoms with Crippen LogP contribution < -0.4 is 5.32 Å². The van der Waals surface area contributed by atoms with E-state index in [1.807, 2.05) is 6.92 Å². The Balaban J connectivity index is 2.08. The Morgan fingerprint density at radius 3 is 2.78 bits per heavy atom. The standard InChI is InChI=1S/C11H16N4O3/c1-2-12-8(16)5-6-15-10(7-3-4-7)9(11(17)18)13-14-15/h7H,2-6H2,1H3,(H,12,16)(H,17,18). The summed E-state index contributed by atoms with van der Waals surface area (Å²) in [6.45, 7) is 2.82. The van der Waals surface area contributed by atoms with E-state index in [2.05, 4.69) is 15.6 Å². The highest BCUT2D eigenvalue weighted by Crippen LogP contribution is 2.41. The maximum atomic E-state index is 11.4. The molecule has 18 heavy (non-hydrogen) atoms. The second kappa shape index (κ2) is 5.16. The van der Waals surface area contributed by atoms with Crippen molar-refractivity contribution < 1.29 is 14.7 Å². The molecule has 1 aromatic rings. The Kier molecular flexibility index (Phi) is 3.59. The largest absolute Gasteiger partial charge is 0.476 e. The summed E-state index contributed by atoms with van der Waals surface area (Å²) in [7, 11) is 0. The highest BCUT2D eigenvalue weighted by atomic mass is 16.4. The summed E-state index contributed by atoms with van der Waals surface area (Å²) >= 11 is 0. The van der Waals surface area contributed by atoms with Crippen LogP contribution in [-0.2, 0) is 11.3 Å². The van der Waals surface area contributed by atoms with E-state index < -0.39 is 5.97 Å². The van der Waals surface area contributed by atoms with Gasteiger partial charge in [0.15, 0.2) is 5.69 Å². The van der Waals surface area contributed by atoms with Gasteiger partial charge in [-0.2, -0.15) is 0 Å². The molecule has 1 saturated carbocycles. The first-order valence-electron chi connectivity index (χ1n) is 6.06. The van der Waals surface area contributed by atoms with Crippen LogP contribution in [0, 0.1) is 0 Å². The van der Waals surface area contributed by atoms with Gasteiger partial charge < -0.3 is 10.4 Å². The summed E-state index contributed by atoms with van der Waals surface area (Å²) in [4.78, 5) is 22.4. The molecule has 7 nitrogen and oxygen atoms in total. The van der Waals surface area contributed by atoms with Crippen molar-refractivity contribution in [1.29, 1.82) is 0 Å². The Morgan fingerprint density at radius 1 is 1.50 bits per heavy atom. The monoisotopic (exact) mass is 252 g/mol. The van der Waals surface area contributed by atoms with Crippen LogP contribution in [0.1, 0.15) is 48.3 Å². The molecule has 2 N–H and O–H groups in total. The number of carboxylic acid groups (broad SMARTS) is 1. The predicted molar refractivity (Wildman–Crippen MR) is 62.3 cm³/mol. The van der Waals surface area contributed by atoms with E-state index in [9.17, 15) is 9.59 Å². The third kappa shape index (κ3) is 2.66. The van der Waals surface area contributed by atoms with Gasteiger partial charge in [-0.3, -0.25) is 4.79 Å². The highest BCUT2D eigenvalue weighted by Gasteiger charge is 2.33. The molecule has 0 unspecified atom stereocenters. The van der Waals surface area contributed by atoms with E-state index in [-0.39, 0.29) is 23.9 Å². The van der Waals surface area contributed by atoms with Crippen LogP contribution >= 0.6 is 0 Å². The van der Waals surface area contributed by atoms with Gasteiger partial charge in [-0.15, -0.1) is 5.10 Å². The van der Waals surface area contributed by atoms with Crippen LogP contribution in [0.3, 0.4) is 0 Å². The molecule has 2 rings (SSSR count). The van der Waals surface area contributed by atoms with Crippen molar-refractivity contribution in [2.75, 3.05) is 6.54 Å². The van der Waals surface area contributed by atoms with Crippen molar-refractivity contribution >= 4 is 11.9 Å². The summed E-state index contributed by atoms with van der Waals surface area (Å²) in [6, 6.07) is 0. The van der Waals surface area contributed by atoms with Gasteiger partial charge in [0.1, 0.15) is 0 Å². The lowest BCUT2D eigenvalue weighted by molar-refractivity contribution is -0.121. The lowest BCUT2D eigenvalue weighted by Gasteiger charge is -2.06. The van der Waals surface area contributed by atoms with Gasteiger partial charge in [0.05, 0.1) is 12.2 Å². The van der Waals surface area contributed by atoms with Crippen LogP contribution in [0.5, 0.6) is 0 Å². The number of nitrogens with zero attached hydrogens (tertiary/aromatic N) is 3. The van der Waals surface area contributed by atoms with Crippen molar-refractivity contribution in [3.63, 3.8) is 0 Å². The summed E-state index contributed by atoms with van der Waals surface area (Å²) in [5, 5.41) is 19.2. The maximum absolute atomic E-state index is 11.4. The molecule has 0 bridgehead atoms. The SMILES string of the molecule is CCNC(=O)CCn1nnc(C(=O)O)c1C1CC1. The molecular weight excluding hydrogens is 236 g/mol. The highest BCUT2D eigenvalue weighted by molar-refractivity contribution is 5.86. The van der Waals surface area contributed by atoms with Gasteiger partial charge in [0, 0.05) is 18.9 Å². The van der Waals surface area contributed by atoms with Crippen LogP contribution in [0.4, 0.5) is 0 Å². The van der Waals surface area contributed by atoms with Crippen LogP contribution in [0.25, 0.3) is 0 Å². The van der Waals surface area contributed by atoms with E-state index >= 15 is 0 Å². The molecule has 0 saturated heterocycles. The number of hydrogen-bond donors (Lipinski definition) is 2. The van der Waals surface area contributed by atoms with Crippen molar-refractivity contribution in [2.45, 2.75) is 38.6 Å². The number of hydrogen-bond acceptors (Lipinski definition) is 4. The second-order valence-corrected chi connectivity index (χ2v) is 4.33. The molecule has 0 aromatic carbocycles. The Morgan fingerprint density at radius 2 is 2.22 bits per heavy atom. The molecule has 0 aliphatic heterocycles. The maximum Gasteiger partial charge on any atom is 0.358 e. The Hall–Kier alpha value is -1.92. The normalized spacial score (nSPS) is 14.5. The van der Waals surface area contributed by atoms with E-state index in [1.165, 1.54) is 0 Å². The average Bonchev–Trinajstić information content (AvgIpc) is 3.06. The van der Waals surface area contributed by atoms with E-state index in [0.717, 1.165) is 12.8 Å². The molecule has 7 heteroatoms. The van der Waals surface area contributed by atoms with Crippen molar-refractivity contribution in [3.05, 3.63) is 11.4 Å². The summed E-state index contributed by atoms with van der Waals surface area (Å²) in [5.41, 5.74) is 0.681. The molecule has 1 aliphatic rings.